The van der Waals surface area contributed by atoms with E-state index in [4.69, 9.17) is 0 Å². The van der Waals surface area contributed by atoms with Crippen LogP contribution in [-0.4, -0.2) is 24.5 Å². The van der Waals surface area contributed by atoms with Gasteiger partial charge in [-0.25, -0.2) is 14.4 Å². The van der Waals surface area contributed by atoms with E-state index in [0.717, 1.165) is 10.3 Å². The normalized spacial score (nSPS) is 12.6. The minimum Gasteiger partial charge on any atom is -0.426 e. The predicted molar refractivity (Wildman–Crippen MR) is 88.4 cm³/mol. The summed E-state index contributed by atoms with van der Waals surface area (Å²) in [6.45, 7) is 2.06. The molecule has 0 radical (unpaired) electrons. The molecule has 0 aliphatic carbocycles. The molecular weight excluding hydrogens is 307 g/mol. The van der Waals surface area contributed by atoms with Gasteiger partial charge >= 0.3 is 0 Å². The summed E-state index contributed by atoms with van der Waals surface area (Å²) in [5.41, 5.74) is 2.97. The largest absolute Gasteiger partial charge is 0.426 e. The Hall–Kier alpha value is -3.15. The number of hydrogen-bond donors (Lipinski definition) is 1. The lowest BCUT2D eigenvalue weighted by Gasteiger charge is -2.13. The summed E-state index contributed by atoms with van der Waals surface area (Å²) in [5.74, 6) is 0.0632. The summed E-state index contributed by atoms with van der Waals surface area (Å²) in [7, 11) is 0. The van der Waals surface area contributed by atoms with Gasteiger partial charge in [-0.05, 0) is 48.9 Å². The maximum absolute atomic E-state index is 13.1. The van der Waals surface area contributed by atoms with E-state index < -0.39 is 0 Å². The van der Waals surface area contributed by atoms with Crippen molar-refractivity contribution < 1.29 is 9.60 Å². The van der Waals surface area contributed by atoms with E-state index in [9.17, 15) is 9.60 Å². The van der Waals surface area contributed by atoms with Crippen LogP contribution in [0.1, 0.15) is 18.5 Å². The summed E-state index contributed by atoms with van der Waals surface area (Å²) < 4.78 is 16.1. The van der Waals surface area contributed by atoms with Crippen molar-refractivity contribution in [3.05, 3.63) is 72.6 Å². The highest BCUT2D eigenvalue weighted by Crippen LogP contribution is 2.27. The van der Waals surface area contributed by atoms with Crippen LogP contribution in [0.3, 0.4) is 0 Å². The Bertz CT molecular complexity index is 990. The lowest BCUT2D eigenvalue weighted by molar-refractivity contribution is 0.203. The summed E-state index contributed by atoms with van der Waals surface area (Å²) in [5, 5.41) is 10.5. The second kappa shape index (κ2) is 5.49. The third-order valence-electron chi connectivity index (χ3n) is 4.21. The molecule has 0 fully saturated rings. The zero-order chi connectivity index (χ0) is 16.7. The zero-order valence-corrected chi connectivity index (χ0v) is 13.0. The first-order chi connectivity index (χ1) is 11.6. The molecule has 4 aromatic rings. The number of imidazole rings is 2. The summed E-state index contributed by atoms with van der Waals surface area (Å²) in [6, 6.07) is 11.7. The van der Waals surface area contributed by atoms with Crippen LogP contribution >= 0.6 is 0 Å². The van der Waals surface area contributed by atoms with Gasteiger partial charge < -0.3 is 9.77 Å². The van der Waals surface area contributed by atoms with Crippen LogP contribution in [0.25, 0.3) is 22.4 Å². The molecule has 0 saturated heterocycles. The molecule has 0 aliphatic rings. The highest BCUT2D eigenvalue weighted by atomic mass is 19.1. The topological polar surface area (TPSA) is 55.9 Å². The van der Waals surface area contributed by atoms with Crippen molar-refractivity contribution in [3.8, 4) is 11.4 Å². The van der Waals surface area contributed by atoms with Gasteiger partial charge in [-0.15, -0.1) is 0 Å². The number of aromatic nitrogens is 4. The van der Waals surface area contributed by atoms with Crippen molar-refractivity contribution in [2.45, 2.75) is 13.0 Å². The molecule has 2 aromatic heterocycles. The van der Waals surface area contributed by atoms with Crippen LogP contribution in [-0.2, 0) is 0 Å². The fourth-order valence-electron chi connectivity index (χ4n) is 2.80. The molecule has 1 N–H and O–H groups in total. The average Bonchev–Trinajstić information content (AvgIpc) is 3.24. The summed E-state index contributed by atoms with van der Waals surface area (Å²) in [6.07, 6.45) is 5.39. The van der Waals surface area contributed by atoms with Gasteiger partial charge in [0.15, 0.2) is 5.82 Å². The van der Waals surface area contributed by atoms with Gasteiger partial charge in [-0.2, -0.15) is 4.73 Å². The van der Waals surface area contributed by atoms with E-state index in [1.54, 1.807) is 24.7 Å². The lowest BCUT2D eigenvalue weighted by Crippen LogP contribution is -2.04. The molecule has 0 aliphatic heterocycles. The second-order valence-corrected chi connectivity index (χ2v) is 5.69. The van der Waals surface area contributed by atoms with Gasteiger partial charge in [0.2, 0.25) is 0 Å². The van der Waals surface area contributed by atoms with Gasteiger partial charge in [-0.1, -0.05) is 6.07 Å². The zero-order valence-electron chi connectivity index (χ0n) is 13.0. The SMILES string of the molecule is CC(c1ccc2nc(-c3ccc(F)cc3)n(O)c2c1)n1ccnc1. The number of halogens is 1. The monoisotopic (exact) mass is 322 g/mol. The molecule has 4 rings (SSSR count). The van der Waals surface area contributed by atoms with Crippen molar-refractivity contribution >= 4 is 11.0 Å². The molecule has 2 aromatic carbocycles. The highest BCUT2D eigenvalue weighted by molar-refractivity contribution is 5.81. The van der Waals surface area contributed by atoms with Crippen molar-refractivity contribution in [2.75, 3.05) is 0 Å². The number of benzene rings is 2. The Balaban J connectivity index is 1.80. The Morgan fingerprint density at radius 2 is 1.92 bits per heavy atom. The quantitative estimate of drug-likeness (QED) is 0.582. The number of nitrogens with zero attached hydrogens (tertiary/aromatic N) is 4. The molecule has 5 nitrogen and oxygen atoms in total. The van der Waals surface area contributed by atoms with Crippen LogP contribution in [0.15, 0.2) is 61.2 Å². The Labute approximate surface area is 137 Å². The van der Waals surface area contributed by atoms with Crippen LogP contribution in [0, 0.1) is 5.82 Å². The maximum Gasteiger partial charge on any atom is 0.176 e. The van der Waals surface area contributed by atoms with Crippen molar-refractivity contribution in [1.82, 2.24) is 19.3 Å². The van der Waals surface area contributed by atoms with E-state index in [2.05, 4.69) is 16.9 Å². The first-order valence-electron chi connectivity index (χ1n) is 7.58. The third-order valence-corrected chi connectivity index (χ3v) is 4.21. The molecule has 0 amide bonds. The van der Waals surface area contributed by atoms with Gasteiger partial charge in [0.25, 0.3) is 0 Å². The van der Waals surface area contributed by atoms with Gasteiger partial charge in [0.1, 0.15) is 11.3 Å². The number of hydrogen-bond acceptors (Lipinski definition) is 3. The second-order valence-electron chi connectivity index (χ2n) is 5.69. The number of fused-ring (bicyclic) bond motifs is 1. The van der Waals surface area contributed by atoms with Crippen molar-refractivity contribution in [2.24, 2.45) is 0 Å². The molecule has 2 heterocycles. The molecule has 120 valence electrons. The van der Waals surface area contributed by atoms with Crippen LogP contribution in [0.5, 0.6) is 0 Å². The Kier molecular flexibility index (Phi) is 3.30. The molecule has 0 saturated carbocycles. The van der Waals surface area contributed by atoms with E-state index in [1.807, 2.05) is 29.0 Å². The van der Waals surface area contributed by atoms with E-state index in [1.165, 1.54) is 12.1 Å². The smallest absolute Gasteiger partial charge is 0.176 e. The minimum absolute atomic E-state index is 0.0843. The van der Waals surface area contributed by atoms with Crippen LogP contribution < -0.4 is 0 Å². The van der Waals surface area contributed by atoms with Gasteiger partial charge in [0.05, 0.1) is 17.9 Å². The van der Waals surface area contributed by atoms with Gasteiger partial charge in [0, 0.05) is 18.0 Å². The van der Waals surface area contributed by atoms with Crippen LogP contribution in [0.4, 0.5) is 4.39 Å². The molecule has 1 atom stereocenters. The van der Waals surface area contributed by atoms with Gasteiger partial charge in [-0.3, -0.25) is 0 Å². The third kappa shape index (κ3) is 2.32. The molecule has 0 spiro atoms. The van der Waals surface area contributed by atoms with Crippen molar-refractivity contribution in [1.29, 1.82) is 0 Å². The standard InChI is InChI=1S/C18H15FN4O/c1-12(22-9-8-20-11-22)14-4-7-16-17(10-14)23(24)18(21-16)13-2-5-15(19)6-3-13/h2-12,24H,1H3. The molecule has 0 bridgehead atoms. The van der Waals surface area contributed by atoms with E-state index in [0.29, 0.717) is 22.4 Å². The number of rotatable bonds is 3. The molecular formula is C18H15FN4O. The van der Waals surface area contributed by atoms with Crippen LogP contribution in [0.2, 0.25) is 0 Å². The lowest BCUT2D eigenvalue weighted by atomic mass is 10.1. The maximum atomic E-state index is 13.1. The minimum atomic E-state index is -0.323. The average molecular weight is 322 g/mol. The fraction of sp³-hybridized carbons (Fsp3) is 0.111. The Morgan fingerprint density at radius 1 is 1.12 bits per heavy atom. The highest BCUT2D eigenvalue weighted by Gasteiger charge is 2.15. The molecule has 24 heavy (non-hydrogen) atoms. The fourth-order valence-corrected chi connectivity index (χ4v) is 2.80. The van der Waals surface area contributed by atoms with Crippen molar-refractivity contribution in [3.63, 3.8) is 0 Å². The molecule has 6 heteroatoms. The summed E-state index contributed by atoms with van der Waals surface area (Å²) in [4.78, 5) is 8.51. The van der Waals surface area contributed by atoms with E-state index in [-0.39, 0.29) is 11.9 Å². The Morgan fingerprint density at radius 3 is 2.62 bits per heavy atom. The predicted octanol–water partition coefficient (Wildman–Crippen LogP) is 3.89. The molecule has 1 unspecified atom stereocenters. The first kappa shape index (κ1) is 14.4. The summed E-state index contributed by atoms with van der Waals surface area (Å²) >= 11 is 0. The first-order valence-corrected chi connectivity index (χ1v) is 7.58. The van der Waals surface area contributed by atoms with E-state index >= 15 is 0 Å².